The highest BCUT2D eigenvalue weighted by Crippen LogP contribution is 2.19. The summed E-state index contributed by atoms with van der Waals surface area (Å²) >= 11 is 0. The Morgan fingerprint density at radius 1 is 1.33 bits per heavy atom. The van der Waals surface area contributed by atoms with Gasteiger partial charge in [-0.2, -0.15) is 0 Å². The van der Waals surface area contributed by atoms with Crippen LogP contribution in [0.4, 0.5) is 0 Å². The number of hydrogen-bond acceptors (Lipinski definition) is 3. The molecule has 0 spiro atoms. The molecule has 0 rings (SSSR count). The fraction of sp³-hybridized carbons (Fsp3) is 0.909. The molecule has 0 aliphatic heterocycles. The van der Waals surface area contributed by atoms with E-state index < -0.39 is 0 Å². The summed E-state index contributed by atoms with van der Waals surface area (Å²) in [6, 6.07) is 0.0261. The van der Waals surface area contributed by atoms with Gasteiger partial charge in [0.05, 0.1) is 12.6 Å². The molecule has 4 nitrogen and oxygen atoms in total. The minimum atomic E-state index is -0.232. The Kier molecular flexibility index (Phi) is 5.83. The highest BCUT2D eigenvalue weighted by Gasteiger charge is 2.31. The number of amides is 1. The van der Waals surface area contributed by atoms with E-state index in [4.69, 9.17) is 5.11 Å². The molecular formula is C11H24N2O2. The zero-order chi connectivity index (χ0) is 12.1. The van der Waals surface area contributed by atoms with Crippen molar-refractivity contribution in [3.63, 3.8) is 0 Å². The molecule has 0 fully saturated rings. The van der Waals surface area contributed by atoms with Crippen molar-refractivity contribution in [2.75, 3.05) is 13.2 Å². The van der Waals surface area contributed by atoms with Gasteiger partial charge in [0.25, 0.3) is 0 Å². The summed E-state index contributed by atoms with van der Waals surface area (Å²) in [6.45, 7) is 10.4. The lowest BCUT2D eigenvalue weighted by atomic mass is 9.85. The lowest BCUT2D eigenvalue weighted by molar-refractivity contribution is -0.126. The van der Waals surface area contributed by atoms with E-state index in [2.05, 4.69) is 10.6 Å². The second-order valence-electron chi connectivity index (χ2n) is 5.14. The molecule has 90 valence electrons. The molecule has 1 amide bonds. The van der Waals surface area contributed by atoms with Gasteiger partial charge in [-0.15, -0.1) is 0 Å². The van der Waals surface area contributed by atoms with Crippen LogP contribution in [0.1, 0.15) is 34.6 Å². The third-order valence-electron chi connectivity index (χ3n) is 2.04. The van der Waals surface area contributed by atoms with Gasteiger partial charge in [-0.3, -0.25) is 4.79 Å². The van der Waals surface area contributed by atoms with Gasteiger partial charge in [0.15, 0.2) is 0 Å². The van der Waals surface area contributed by atoms with Gasteiger partial charge in [-0.25, -0.2) is 0 Å². The maximum Gasteiger partial charge on any atom is 0.237 e. The van der Waals surface area contributed by atoms with Crippen LogP contribution in [0.3, 0.4) is 0 Å². The van der Waals surface area contributed by atoms with Crippen molar-refractivity contribution in [3.05, 3.63) is 0 Å². The number of hydrogen-bond donors (Lipinski definition) is 3. The van der Waals surface area contributed by atoms with Gasteiger partial charge in [0.2, 0.25) is 5.91 Å². The second-order valence-corrected chi connectivity index (χ2v) is 5.14. The Hall–Kier alpha value is -0.610. The Morgan fingerprint density at radius 3 is 2.20 bits per heavy atom. The number of aliphatic hydroxyl groups excluding tert-OH is 1. The Bertz CT molecular complexity index is 197. The summed E-state index contributed by atoms with van der Waals surface area (Å²) in [5, 5.41) is 14.6. The minimum Gasteiger partial charge on any atom is -0.395 e. The van der Waals surface area contributed by atoms with E-state index in [1.54, 1.807) is 0 Å². The highest BCUT2D eigenvalue weighted by molar-refractivity contribution is 5.82. The largest absolute Gasteiger partial charge is 0.395 e. The first-order chi connectivity index (χ1) is 6.79. The molecule has 0 aromatic carbocycles. The van der Waals surface area contributed by atoms with Crippen LogP contribution in [0.5, 0.6) is 0 Å². The summed E-state index contributed by atoms with van der Waals surface area (Å²) in [7, 11) is 0. The molecule has 15 heavy (non-hydrogen) atoms. The van der Waals surface area contributed by atoms with Gasteiger partial charge >= 0.3 is 0 Å². The molecular weight excluding hydrogens is 192 g/mol. The number of nitrogens with one attached hydrogen (secondary N) is 2. The average molecular weight is 216 g/mol. The van der Waals surface area contributed by atoms with Gasteiger partial charge in [0.1, 0.15) is 0 Å². The van der Waals surface area contributed by atoms with Crippen molar-refractivity contribution in [1.82, 2.24) is 10.6 Å². The minimum absolute atomic E-state index is 0.0235. The first-order valence-corrected chi connectivity index (χ1v) is 5.43. The first kappa shape index (κ1) is 14.4. The van der Waals surface area contributed by atoms with Crippen LogP contribution in [0, 0.1) is 5.41 Å². The van der Waals surface area contributed by atoms with Crippen molar-refractivity contribution in [1.29, 1.82) is 0 Å². The van der Waals surface area contributed by atoms with Crippen LogP contribution in [0.15, 0.2) is 0 Å². The fourth-order valence-corrected chi connectivity index (χ4v) is 1.33. The van der Waals surface area contributed by atoms with Crippen LogP contribution in [-0.4, -0.2) is 36.2 Å². The maximum atomic E-state index is 11.8. The van der Waals surface area contributed by atoms with E-state index in [1.807, 2.05) is 34.6 Å². The summed E-state index contributed by atoms with van der Waals surface area (Å²) in [6.07, 6.45) is 0. The predicted molar refractivity (Wildman–Crippen MR) is 61.6 cm³/mol. The van der Waals surface area contributed by atoms with Crippen LogP contribution < -0.4 is 10.6 Å². The summed E-state index contributed by atoms with van der Waals surface area (Å²) in [4.78, 5) is 11.8. The molecule has 4 heteroatoms. The molecule has 0 radical (unpaired) electrons. The number of carbonyl (C=O) groups is 1. The van der Waals surface area contributed by atoms with E-state index in [1.165, 1.54) is 0 Å². The SMILES string of the molecule is CC(C)N[C@H](C(=O)NCCO)C(C)(C)C. The van der Waals surface area contributed by atoms with Crippen molar-refractivity contribution in [2.24, 2.45) is 5.41 Å². The molecule has 0 aliphatic carbocycles. The molecule has 0 bridgehead atoms. The van der Waals surface area contributed by atoms with Crippen LogP contribution in [-0.2, 0) is 4.79 Å². The van der Waals surface area contributed by atoms with E-state index in [0.717, 1.165) is 0 Å². The Morgan fingerprint density at radius 2 is 1.87 bits per heavy atom. The number of rotatable bonds is 5. The van der Waals surface area contributed by atoms with E-state index >= 15 is 0 Å². The third kappa shape index (κ3) is 5.74. The van der Waals surface area contributed by atoms with Gasteiger partial charge in [0, 0.05) is 12.6 Å². The van der Waals surface area contributed by atoms with Crippen LogP contribution in [0.25, 0.3) is 0 Å². The third-order valence-corrected chi connectivity index (χ3v) is 2.04. The van der Waals surface area contributed by atoms with Gasteiger partial charge in [-0.1, -0.05) is 34.6 Å². The van der Waals surface area contributed by atoms with Crippen molar-refractivity contribution >= 4 is 5.91 Å². The lowest BCUT2D eigenvalue weighted by Gasteiger charge is -2.32. The van der Waals surface area contributed by atoms with E-state index in [9.17, 15) is 4.79 Å². The van der Waals surface area contributed by atoms with Gasteiger partial charge in [-0.05, 0) is 5.41 Å². The predicted octanol–water partition coefficient (Wildman–Crippen LogP) is 0.508. The molecule has 0 unspecified atom stereocenters. The first-order valence-electron chi connectivity index (χ1n) is 5.43. The zero-order valence-electron chi connectivity index (χ0n) is 10.4. The van der Waals surface area contributed by atoms with Crippen LogP contribution in [0.2, 0.25) is 0 Å². The van der Waals surface area contributed by atoms with Crippen molar-refractivity contribution in [2.45, 2.75) is 46.7 Å². The molecule has 0 saturated carbocycles. The maximum absolute atomic E-state index is 11.8. The average Bonchev–Trinajstić information content (AvgIpc) is 2.08. The standard InChI is InChI=1S/C11H24N2O2/c1-8(2)13-9(11(3,4)5)10(15)12-6-7-14/h8-9,13-14H,6-7H2,1-5H3,(H,12,15)/t9-/m1/s1. The lowest BCUT2D eigenvalue weighted by Crippen LogP contribution is -2.54. The highest BCUT2D eigenvalue weighted by atomic mass is 16.3. The summed E-state index contributed by atoms with van der Waals surface area (Å²) in [5.41, 5.74) is -0.135. The zero-order valence-corrected chi connectivity index (χ0v) is 10.4. The molecule has 1 atom stereocenters. The number of aliphatic hydroxyl groups is 1. The fourth-order valence-electron chi connectivity index (χ4n) is 1.33. The molecule has 0 saturated heterocycles. The second kappa shape index (κ2) is 6.08. The molecule has 3 N–H and O–H groups in total. The monoisotopic (exact) mass is 216 g/mol. The summed E-state index contributed by atoms with van der Waals surface area (Å²) < 4.78 is 0. The molecule has 0 aliphatic rings. The summed E-state index contributed by atoms with van der Waals surface area (Å²) in [5.74, 6) is -0.0507. The smallest absolute Gasteiger partial charge is 0.237 e. The van der Waals surface area contributed by atoms with Crippen molar-refractivity contribution in [3.8, 4) is 0 Å². The topological polar surface area (TPSA) is 61.4 Å². The van der Waals surface area contributed by atoms with E-state index in [0.29, 0.717) is 6.54 Å². The number of carbonyl (C=O) groups excluding carboxylic acids is 1. The van der Waals surface area contributed by atoms with E-state index in [-0.39, 0.29) is 30.0 Å². The Balaban J connectivity index is 4.42. The van der Waals surface area contributed by atoms with Gasteiger partial charge < -0.3 is 15.7 Å². The normalized spacial score (nSPS) is 14.1. The van der Waals surface area contributed by atoms with Crippen LogP contribution >= 0.6 is 0 Å². The van der Waals surface area contributed by atoms with Crippen molar-refractivity contribution < 1.29 is 9.90 Å². The Labute approximate surface area is 92.4 Å². The quantitative estimate of drug-likeness (QED) is 0.627. The molecule has 0 heterocycles. The molecule has 0 aromatic rings. The molecule has 0 aromatic heterocycles.